The summed E-state index contributed by atoms with van der Waals surface area (Å²) in [5, 5.41) is 38.3. The van der Waals surface area contributed by atoms with Gasteiger partial charge in [0.1, 0.15) is 24.7 Å². The van der Waals surface area contributed by atoms with Crippen LogP contribution in [0.1, 0.15) is 13.8 Å². The van der Waals surface area contributed by atoms with Crippen LogP contribution in [0.3, 0.4) is 0 Å². The quantitative estimate of drug-likeness (QED) is 0.159. The molecule has 1 aromatic rings. The van der Waals surface area contributed by atoms with Crippen molar-refractivity contribution < 1.29 is 15.4 Å². The van der Waals surface area contributed by atoms with E-state index < -0.39 is 0 Å². The van der Waals surface area contributed by atoms with E-state index in [1.54, 1.807) is 27.0 Å². The summed E-state index contributed by atoms with van der Waals surface area (Å²) in [5.74, 6) is 2.33. The van der Waals surface area contributed by atoms with E-state index in [-0.39, 0.29) is 6.04 Å². The smallest absolute Gasteiger partial charge is 0.229 e. The molecule has 42 heavy (non-hydrogen) atoms. The zero-order chi connectivity index (χ0) is 30.3. The largest absolute Gasteiger partial charge is 0.497 e. The van der Waals surface area contributed by atoms with E-state index in [1.807, 2.05) is 91.1 Å². The van der Waals surface area contributed by atoms with Crippen LogP contribution in [0.15, 0.2) is 108 Å². The number of ether oxygens (including phenoxy) is 1. The molecule has 0 fully saturated rings. The van der Waals surface area contributed by atoms with Gasteiger partial charge in [0, 0.05) is 57.5 Å². The molecule has 2 aliphatic rings. The number of nitrogens with zero attached hydrogens (tertiary/aromatic N) is 12. The first-order chi connectivity index (χ1) is 20.3. The van der Waals surface area contributed by atoms with Gasteiger partial charge in [-0.05, 0) is 19.9 Å². The summed E-state index contributed by atoms with van der Waals surface area (Å²) in [7, 11) is 9.37. The lowest BCUT2D eigenvalue weighted by atomic mass is 10.1. The molecule has 1 atom stereocenters. The summed E-state index contributed by atoms with van der Waals surface area (Å²) in [6.45, 7) is 4.95. The van der Waals surface area contributed by atoms with Crippen molar-refractivity contribution in [1.82, 2.24) is 19.3 Å². The predicted octanol–water partition coefficient (Wildman–Crippen LogP) is 0.520. The molecule has 3 heterocycles. The van der Waals surface area contributed by atoms with Gasteiger partial charge in [0.05, 0.1) is 39.6 Å². The zero-order valence-electron chi connectivity index (χ0n) is 25.4. The van der Waals surface area contributed by atoms with Gasteiger partial charge in [-0.15, -0.1) is 30.6 Å². The van der Waals surface area contributed by atoms with Gasteiger partial charge in [-0.3, -0.25) is 0 Å². The van der Waals surface area contributed by atoms with Crippen LogP contribution in [-0.4, -0.2) is 91.0 Å². The monoisotopic (exact) mass is 578 g/mol. The minimum atomic E-state index is 0.00914. The third kappa shape index (κ3) is 10.0. The molecule has 15 nitrogen and oxygen atoms in total. The third-order valence-electron chi connectivity index (χ3n) is 6.07. The van der Waals surface area contributed by atoms with Gasteiger partial charge in [0.15, 0.2) is 17.2 Å². The van der Waals surface area contributed by atoms with Crippen molar-refractivity contribution in [3.63, 3.8) is 0 Å². The highest BCUT2D eigenvalue weighted by atomic mass is 16.5. The molecule has 1 unspecified atom stereocenters. The summed E-state index contributed by atoms with van der Waals surface area (Å²) in [6, 6.07) is 3.67. The molecule has 224 valence electrons. The van der Waals surface area contributed by atoms with Gasteiger partial charge in [0.25, 0.3) is 0 Å². The van der Waals surface area contributed by atoms with Crippen LogP contribution in [0.2, 0.25) is 0 Å². The number of guanidine groups is 1. The maximum absolute atomic E-state index is 5.27. The first-order valence-corrected chi connectivity index (χ1v) is 13.5. The van der Waals surface area contributed by atoms with Gasteiger partial charge in [0.2, 0.25) is 5.96 Å². The van der Waals surface area contributed by atoms with Gasteiger partial charge < -0.3 is 34.6 Å². The number of quaternary nitrogens is 2. The van der Waals surface area contributed by atoms with Crippen LogP contribution in [-0.2, 0) is 7.05 Å². The van der Waals surface area contributed by atoms with E-state index in [9.17, 15) is 0 Å². The zero-order valence-corrected chi connectivity index (χ0v) is 25.4. The van der Waals surface area contributed by atoms with Gasteiger partial charge in [-0.1, -0.05) is 6.08 Å². The molecule has 0 radical (unpaired) electrons. The second kappa shape index (κ2) is 16.5. The molecule has 3 rings (SSSR count). The molecule has 2 aliphatic heterocycles. The number of methoxy groups -OCH3 is 1. The van der Waals surface area contributed by atoms with Crippen molar-refractivity contribution in [1.29, 1.82) is 0 Å². The average molecular weight is 579 g/mol. The topological polar surface area (TPSA) is 156 Å². The molecular weight excluding hydrogens is 536 g/mol. The van der Waals surface area contributed by atoms with Crippen molar-refractivity contribution >= 4 is 17.6 Å². The fourth-order valence-electron chi connectivity index (χ4n) is 3.77. The van der Waals surface area contributed by atoms with Crippen LogP contribution >= 0.6 is 0 Å². The molecule has 0 amide bonds. The maximum Gasteiger partial charge on any atom is 0.229 e. The van der Waals surface area contributed by atoms with Crippen molar-refractivity contribution in [3.05, 3.63) is 72.5 Å². The van der Waals surface area contributed by atoms with Crippen molar-refractivity contribution in [2.45, 2.75) is 19.9 Å². The SMILES string of the molecule is C[NH2+]/C=C\C(=C/CN=N/C(C)=N/N=c1\cc(OC)ccn1C)C1CN2C=CN(C)/C2=N\N=C(/C)N=NCN(C)/C=C\[NH2+]1. The molecule has 15 heteroatoms. The first kappa shape index (κ1) is 31.8. The molecule has 0 saturated heterocycles. The predicted molar refractivity (Wildman–Crippen MR) is 162 cm³/mol. The normalized spacial score (nSPS) is 22.8. The molecular formula is C27H42N14O+2. The fraction of sp³-hybridized carbons (Fsp3) is 0.407. The highest BCUT2D eigenvalue weighted by Crippen LogP contribution is 2.12. The highest BCUT2D eigenvalue weighted by Gasteiger charge is 2.25. The minimum Gasteiger partial charge on any atom is -0.497 e. The van der Waals surface area contributed by atoms with E-state index >= 15 is 0 Å². The Morgan fingerprint density at radius 2 is 2.05 bits per heavy atom. The highest BCUT2D eigenvalue weighted by molar-refractivity contribution is 5.86. The van der Waals surface area contributed by atoms with Crippen molar-refractivity contribution in [2.75, 3.05) is 48.0 Å². The molecule has 0 spiro atoms. The second-order valence-electron chi connectivity index (χ2n) is 9.49. The number of hydrogen-bond donors (Lipinski definition) is 2. The number of amidine groups is 2. The first-order valence-electron chi connectivity index (χ1n) is 13.5. The Hall–Kier alpha value is -4.76. The fourth-order valence-corrected chi connectivity index (χ4v) is 3.77. The average Bonchev–Trinajstić information content (AvgIpc) is 3.32. The van der Waals surface area contributed by atoms with E-state index in [1.165, 1.54) is 0 Å². The molecule has 0 aromatic carbocycles. The third-order valence-corrected chi connectivity index (χ3v) is 6.07. The van der Waals surface area contributed by atoms with Crippen LogP contribution in [0.25, 0.3) is 0 Å². The van der Waals surface area contributed by atoms with Crippen LogP contribution < -0.4 is 20.9 Å². The van der Waals surface area contributed by atoms with Gasteiger partial charge in [-0.2, -0.15) is 10.2 Å². The summed E-state index contributed by atoms with van der Waals surface area (Å²) in [5.41, 5.74) is 1.72. The van der Waals surface area contributed by atoms with E-state index in [2.05, 4.69) is 63.2 Å². The maximum atomic E-state index is 5.27. The lowest BCUT2D eigenvalue weighted by Crippen LogP contribution is -2.87. The lowest BCUT2D eigenvalue weighted by Gasteiger charge is -2.24. The Bertz CT molecular complexity index is 1400. The van der Waals surface area contributed by atoms with E-state index in [0.29, 0.717) is 48.6 Å². The summed E-state index contributed by atoms with van der Waals surface area (Å²) in [6.07, 6.45) is 16.0. The Labute approximate surface area is 246 Å². The number of nitrogens with two attached hydrogens (primary N) is 2. The summed E-state index contributed by atoms with van der Waals surface area (Å²) >= 11 is 0. The summed E-state index contributed by atoms with van der Waals surface area (Å²) < 4.78 is 7.11. The van der Waals surface area contributed by atoms with E-state index in [0.717, 1.165) is 5.57 Å². The van der Waals surface area contributed by atoms with Crippen molar-refractivity contribution in [2.24, 2.45) is 47.9 Å². The van der Waals surface area contributed by atoms with Crippen LogP contribution in [0.5, 0.6) is 5.75 Å². The number of fused-ring (bicyclic) bond motifs is 1. The standard InChI is InChI=1S/C27H40N14O/c1-21(34-36-26-18-24(42-7)10-14-39(26)5)32-30-12-9-23(8-11-28-3)25-19-41-17-16-40(6)27(41)37-35-22(2)33-31-20-38(4)15-13-29-25/h8-11,13-18,25,28-29H,12,19-20H2,1-7H3/p+2/b11-8-,15-13-,23-9+,32-30?,33-31?,34-21+,35-22+,36-26+,37-27+. The van der Waals surface area contributed by atoms with Gasteiger partial charge >= 0.3 is 0 Å². The number of azo groups is 2. The molecule has 0 bridgehead atoms. The summed E-state index contributed by atoms with van der Waals surface area (Å²) in [4.78, 5) is 5.93. The lowest BCUT2D eigenvalue weighted by molar-refractivity contribution is -0.616. The van der Waals surface area contributed by atoms with E-state index in [4.69, 9.17) is 4.74 Å². The Balaban J connectivity index is 1.84. The Kier molecular flexibility index (Phi) is 12.5. The number of pyridine rings is 1. The molecule has 0 saturated carbocycles. The number of rotatable bonds is 7. The molecule has 1 aromatic heterocycles. The Morgan fingerprint density at radius 1 is 1.21 bits per heavy atom. The van der Waals surface area contributed by atoms with Crippen molar-refractivity contribution in [3.8, 4) is 5.75 Å². The molecule has 0 aliphatic carbocycles. The number of hydrogen-bond acceptors (Lipinski definition) is 11. The second-order valence-corrected chi connectivity index (χ2v) is 9.49. The number of aromatic nitrogens is 1. The van der Waals surface area contributed by atoms with Crippen LogP contribution in [0.4, 0.5) is 0 Å². The Morgan fingerprint density at radius 3 is 2.83 bits per heavy atom. The molecule has 4 N–H and O–H groups in total. The van der Waals surface area contributed by atoms with Gasteiger partial charge in [-0.25, -0.2) is 0 Å². The van der Waals surface area contributed by atoms with Crippen LogP contribution in [0, 0.1) is 0 Å². The minimum absolute atomic E-state index is 0.00914. The number of aryl methyl sites for hydroxylation is 1.